The van der Waals surface area contributed by atoms with E-state index in [0.29, 0.717) is 5.69 Å². The molecule has 0 aliphatic heterocycles. The third-order valence-corrected chi connectivity index (χ3v) is 1.84. The molecule has 14 heavy (non-hydrogen) atoms. The van der Waals surface area contributed by atoms with Gasteiger partial charge in [-0.05, 0) is 0 Å². The van der Waals surface area contributed by atoms with Crippen LogP contribution in [0.3, 0.4) is 0 Å². The third kappa shape index (κ3) is 2.40. The molecule has 0 aliphatic rings. The van der Waals surface area contributed by atoms with Gasteiger partial charge in [0, 0.05) is 13.1 Å². The normalized spacial score (nSPS) is 9.64. The van der Waals surface area contributed by atoms with Crippen molar-refractivity contribution in [3.05, 3.63) is 16.4 Å². The van der Waals surface area contributed by atoms with Crippen molar-refractivity contribution >= 4 is 35.0 Å². The number of rotatable bonds is 2. The summed E-state index contributed by atoms with van der Waals surface area (Å²) in [6.07, 6.45) is -0.945. The Hall–Kier alpha value is -1.20. The average molecular weight is 236 g/mol. The lowest BCUT2D eigenvalue weighted by Crippen LogP contribution is -2.17. The predicted octanol–water partition coefficient (Wildman–Crippen LogP) is 1.89. The number of carbonyl (C=O) groups excluding carboxylic acids is 1. The van der Waals surface area contributed by atoms with Gasteiger partial charge in [0.25, 0.3) is 0 Å². The van der Waals surface area contributed by atoms with Crippen LogP contribution in [0, 0.1) is 0 Å². The zero-order chi connectivity index (χ0) is 10.7. The SMILES string of the molecule is CNc1c(OC(N)=O)cc(Cl)nc1Cl. The molecular formula is C7H7Cl2N3O2. The Morgan fingerprint density at radius 2 is 2.29 bits per heavy atom. The molecule has 0 saturated carbocycles. The molecule has 0 radical (unpaired) electrons. The van der Waals surface area contributed by atoms with E-state index in [9.17, 15) is 4.79 Å². The first-order chi connectivity index (χ1) is 6.54. The first-order valence-corrected chi connectivity index (χ1v) is 4.31. The van der Waals surface area contributed by atoms with E-state index in [4.69, 9.17) is 28.9 Å². The largest absolute Gasteiger partial charge is 0.410 e. The average Bonchev–Trinajstić information content (AvgIpc) is 2.01. The molecule has 0 aromatic carbocycles. The summed E-state index contributed by atoms with van der Waals surface area (Å²) in [5, 5.41) is 2.93. The Labute approximate surface area is 90.2 Å². The molecule has 0 spiro atoms. The number of hydrogen-bond donors (Lipinski definition) is 2. The molecule has 0 saturated heterocycles. The van der Waals surface area contributed by atoms with Crippen LogP contribution in [-0.2, 0) is 0 Å². The fourth-order valence-electron chi connectivity index (χ4n) is 0.879. The summed E-state index contributed by atoms with van der Waals surface area (Å²) < 4.78 is 4.67. The van der Waals surface area contributed by atoms with E-state index >= 15 is 0 Å². The number of ether oxygens (including phenoxy) is 1. The highest BCUT2D eigenvalue weighted by molar-refractivity contribution is 6.34. The summed E-state index contributed by atoms with van der Waals surface area (Å²) >= 11 is 11.3. The first kappa shape index (κ1) is 10.9. The number of hydrogen-bond acceptors (Lipinski definition) is 4. The highest BCUT2D eigenvalue weighted by Crippen LogP contribution is 2.32. The van der Waals surface area contributed by atoms with Crippen molar-refractivity contribution in [2.24, 2.45) is 5.73 Å². The molecule has 7 heteroatoms. The third-order valence-electron chi connectivity index (χ3n) is 1.37. The van der Waals surface area contributed by atoms with Gasteiger partial charge in [-0.1, -0.05) is 23.2 Å². The summed E-state index contributed by atoms with van der Waals surface area (Å²) in [6, 6.07) is 1.34. The molecule has 0 aliphatic carbocycles. The molecule has 0 fully saturated rings. The summed E-state index contributed by atoms with van der Waals surface area (Å²) in [6.45, 7) is 0. The van der Waals surface area contributed by atoms with Crippen LogP contribution in [0.2, 0.25) is 10.3 Å². The number of nitrogens with one attached hydrogen (secondary N) is 1. The van der Waals surface area contributed by atoms with Gasteiger partial charge in [-0.25, -0.2) is 9.78 Å². The fourth-order valence-corrected chi connectivity index (χ4v) is 1.38. The van der Waals surface area contributed by atoms with Gasteiger partial charge >= 0.3 is 6.09 Å². The highest BCUT2D eigenvalue weighted by atomic mass is 35.5. The number of carbonyl (C=O) groups is 1. The predicted molar refractivity (Wildman–Crippen MR) is 54.0 cm³/mol. The van der Waals surface area contributed by atoms with Crippen LogP contribution < -0.4 is 15.8 Å². The van der Waals surface area contributed by atoms with Gasteiger partial charge in [0.05, 0.1) is 0 Å². The van der Waals surface area contributed by atoms with E-state index in [1.165, 1.54) is 6.07 Å². The van der Waals surface area contributed by atoms with Crippen molar-refractivity contribution in [3.8, 4) is 5.75 Å². The van der Waals surface area contributed by atoms with Crippen LogP contribution in [-0.4, -0.2) is 18.1 Å². The Balaban J connectivity index is 3.17. The highest BCUT2D eigenvalue weighted by Gasteiger charge is 2.12. The second-order valence-corrected chi connectivity index (χ2v) is 3.03. The van der Waals surface area contributed by atoms with Crippen molar-refractivity contribution in [3.63, 3.8) is 0 Å². The van der Waals surface area contributed by atoms with Crippen molar-refractivity contribution < 1.29 is 9.53 Å². The summed E-state index contributed by atoms with van der Waals surface area (Å²) in [5.74, 6) is 0.144. The number of amides is 1. The zero-order valence-electron chi connectivity index (χ0n) is 7.17. The molecule has 1 aromatic rings. The van der Waals surface area contributed by atoms with E-state index in [1.807, 2.05) is 0 Å². The van der Waals surface area contributed by atoms with Gasteiger partial charge in [0.1, 0.15) is 10.8 Å². The van der Waals surface area contributed by atoms with Crippen LogP contribution in [0.15, 0.2) is 6.07 Å². The van der Waals surface area contributed by atoms with Crippen LogP contribution >= 0.6 is 23.2 Å². The maximum atomic E-state index is 10.5. The minimum atomic E-state index is -0.945. The quantitative estimate of drug-likeness (QED) is 0.768. The smallest absolute Gasteiger partial charge is 0.408 e. The van der Waals surface area contributed by atoms with Gasteiger partial charge in [-0.3, -0.25) is 0 Å². The van der Waals surface area contributed by atoms with Crippen LogP contribution in [0.25, 0.3) is 0 Å². The monoisotopic (exact) mass is 235 g/mol. The number of anilines is 1. The van der Waals surface area contributed by atoms with Crippen molar-refractivity contribution in [1.29, 1.82) is 0 Å². The lowest BCUT2D eigenvalue weighted by Gasteiger charge is -2.09. The van der Waals surface area contributed by atoms with E-state index < -0.39 is 6.09 Å². The number of nitrogens with zero attached hydrogens (tertiary/aromatic N) is 1. The summed E-state index contributed by atoms with van der Waals surface area (Å²) in [4.78, 5) is 14.3. The van der Waals surface area contributed by atoms with Gasteiger partial charge in [-0.2, -0.15) is 0 Å². The Morgan fingerprint density at radius 1 is 1.64 bits per heavy atom. The number of halogens is 2. The lowest BCUT2D eigenvalue weighted by molar-refractivity contribution is 0.211. The molecule has 0 unspecified atom stereocenters. The molecular weight excluding hydrogens is 229 g/mol. The first-order valence-electron chi connectivity index (χ1n) is 3.55. The second kappa shape index (κ2) is 4.34. The van der Waals surface area contributed by atoms with Crippen molar-refractivity contribution in [2.75, 3.05) is 12.4 Å². The lowest BCUT2D eigenvalue weighted by atomic mass is 10.4. The van der Waals surface area contributed by atoms with Gasteiger partial charge in [-0.15, -0.1) is 0 Å². The molecule has 3 N–H and O–H groups in total. The van der Waals surface area contributed by atoms with Gasteiger partial charge in [0.2, 0.25) is 0 Å². The fraction of sp³-hybridized carbons (Fsp3) is 0.143. The minimum absolute atomic E-state index is 0.108. The second-order valence-electron chi connectivity index (χ2n) is 2.28. The molecule has 5 nitrogen and oxygen atoms in total. The molecule has 0 bridgehead atoms. The Bertz CT molecular complexity index is 370. The summed E-state index contributed by atoms with van der Waals surface area (Å²) in [5.41, 5.74) is 5.21. The Kier molecular flexibility index (Phi) is 3.38. The van der Waals surface area contributed by atoms with E-state index in [1.54, 1.807) is 7.05 Å². The molecule has 76 valence electrons. The molecule has 0 atom stereocenters. The number of aromatic nitrogens is 1. The topological polar surface area (TPSA) is 77.2 Å². The number of pyridine rings is 1. The van der Waals surface area contributed by atoms with Gasteiger partial charge in [0.15, 0.2) is 10.9 Å². The van der Waals surface area contributed by atoms with Crippen molar-refractivity contribution in [2.45, 2.75) is 0 Å². The maximum absolute atomic E-state index is 10.5. The molecule has 1 heterocycles. The van der Waals surface area contributed by atoms with E-state index in [2.05, 4.69) is 15.0 Å². The van der Waals surface area contributed by atoms with Gasteiger partial charge < -0.3 is 15.8 Å². The maximum Gasteiger partial charge on any atom is 0.410 e. The van der Waals surface area contributed by atoms with Crippen molar-refractivity contribution in [1.82, 2.24) is 4.98 Å². The molecule has 1 rings (SSSR count). The minimum Gasteiger partial charge on any atom is -0.408 e. The van der Waals surface area contributed by atoms with E-state index in [0.717, 1.165) is 0 Å². The number of primary amides is 1. The standard InChI is InChI=1S/C7H7Cl2N3O2/c1-11-5-3(14-7(10)13)2-4(8)12-6(5)9/h2,11H,1H3,(H2,10,13). The van der Waals surface area contributed by atoms with Crippen LogP contribution in [0.4, 0.5) is 10.5 Å². The molecule has 1 amide bonds. The number of nitrogens with two attached hydrogens (primary N) is 1. The molecule has 1 aromatic heterocycles. The van der Waals surface area contributed by atoms with Crippen LogP contribution in [0.1, 0.15) is 0 Å². The van der Waals surface area contributed by atoms with E-state index in [-0.39, 0.29) is 16.1 Å². The van der Waals surface area contributed by atoms with Crippen LogP contribution in [0.5, 0.6) is 5.75 Å². The summed E-state index contributed by atoms with van der Waals surface area (Å²) in [7, 11) is 1.60. The zero-order valence-corrected chi connectivity index (χ0v) is 8.69. The Morgan fingerprint density at radius 3 is 2.79 bits per heavy atom.